The number of para-hydroxylation sites is 1. The van der Waals surface area contributed by atoms with Crippen LogP contribution in [0.3, 0.4) is 0 Å². The molecule has 2 heterocycles. The maximum atomic E-state index is 13.3. The van der Waals surface area contributed by atoms with E-state index in [2.05, 4.69) is 20.3 Å². The highest BCUT2D eigenvalue weighted by molar-refractivity contribution is 7.98. The Kier molecular flexibility index (Phi) is 5.99. The molecule has 33 heavy (non-hydrogen) atoms. The van der Waals surface area contributed by atoms with Gasteiger partial charge in [-0.25, -0.2) is 4.39 Å². The number of benzene rings is 3. The van der Waals surface area contributed by atoms with Gasteiger partial charge in [0.25, 0.3) is 0 Å². The summed E-state index contributed by atoms with van der Waals surface area (Å²) in [5.74, 6) is 1.84. The Labute approximate surface area is 193 Å². The molecule has 0 aliphatic carbocycles. The fraction of sp³-hybridized carbons (Fsp3) is 0.120. The van der Waals surface area contributed by atoms with Gasteiger partial charge in [0, 0.05) is 16.3 Å². The van der Waals surface area contributed by atoms with Gasteiger partial charge in [-0.05, 0) is 43.3 Å². The van der Waals surface area contributed by atoms with E-state index >= 15 is 0 Å². The van der Waals surface area contributed by atoms with Gasteiger partial charge in [0.1, 0.15) is 22.3 Å². The van der Waals surface area contributed by atoms with Gasteiger partial charge in [-0.3, -0.25) is 0 Å². The highest BCUT2D eigenvalue weighted by Gasteiger charge is 2.16. The lowest BCUT2D eigenvalue weighted by Gasteiger charge is -2.08. The van der Waals surface area contributed by atoms with Crippen molar-refractivity contribution >= 4 is 22.5 Å². The fourth-order valence-electron chi connectivity index (χ4n) is 3.49. The van der Waals surface area contributed by atoms with Gasteiger partial charge in [-0.1, -0.05) is 53.3 Å². The second-order valence-electron chi connectivity index (χ2n) is 7.14. The van der Waals surface area contributed by atoms with Crippen LogP contribution in [0.25, 0.3) is 33.4 Å². The van der Waals surface area contributed by atoms with Crippen LogP contribution >= 0.6 is 11.8 Å². The van der Waals surface area contributed by atoms with E-state index < -0.39 is 0 Å². The number of aromatic nitrogens is 4. The van der Waals surface area contributed by atoms with Crippen LogP contribution < -0.4 is 4.74 Å². The smallest absolute Gasteiger partial charge is 0.237 e. The molecule has 0 saturated heterocycles. The molecule has 0 spiro atoms. The predicted molar refractivity (Wildman–Crippen MR) is 125 cm³/mol. The first-order valence-corrected chi connectivity index (χ1v) is 11.4. The zero-order valence-corrected chi connectivity index (χ0v) is 18.6. The lowest BCUT2D eigenvalue weighted by molar-refractivity contribution is 0.341. The van der Waals surface area contributed by atoms with Gasteiger partial charge in [-0.15, -0.1) is 10.2 Å². The van der Waals surface area contributed by atoms with Crippen molar-refractivity contribution in [2.75, 3.05) is 6.61 Å². The number of halogens is 1. The average Bonchev–Trinajstić information content (AvgIpc) is 3.32. The summed E-state index contributed by atoms with van der Waals surface area (Å²) in [5, 5.41) is 15.6. The molecule has 5 aromatic rings. The SMILES string of the molecule is CCOc1ccccc1-c1noc(CSc2nnc(-c3ccc(F)cc3)c3ccccc23)n1. The first kappa shape index (κ1) is 21.1. The maximum Gasteiger partial charge on any atom is 0.237 e. The van der Waals surface area contributed by atoms with Gasteiger partial charge >= 0.3 is 0 Å². The zero-order chi connectivity index (χ0) is 22.6. The molecule has 0 radical (unpaired) electrons. The van der Waals surface area contributed by atoms with Crippen LogP contribution in [0.1, 0.15) is 12.8 Å². The van der Waals surface area contributed by atoms with Gasteiger partial charge in [-0.2, -0.15) is 4.98 Å². The van der Waals surface area contributed by atoms with Crippen molar-refractivity contribution in [2.24, 2.45) is 0 Å². The number of hydrogen-bond acceptors (Lipinski definition) is 7. The lowest BCUT2D eigenvalue weighted by atomic mass is 10.1. The van der Waals surface area contributed by atoms with Crippen LogP contribution in [0.15, 0.2) is 82.3 Å². The van der Waals surface area contributed by atoms with E-state index in [1.807, 2.05) is 55.5 Å². The molecule has 0 aliphatic rings. The molecule has 0 saturated carbocycles. The second kappa shape index (κ2) is 9.38. The second-order valence-corrected chi connectivity index (χ2v) is 8.10. The van der Waals surface area contributed by atoms with E-state index in [0.717, 1.165) is 26.9 Å². The summed E-state index contributed by atoms with van der Waals surface area (Å²) in [6, 6.07) is 21.8. The van der Waals surface area contributed by atoms with Crippen LogP contribution in [0, 0.1) is 5.82 Å². The highest BCUT2D eigenvalue weighted by atomic mass is 32.2. The topological polar surface area (TPSA) is 73.9 Å². The number of fused-ring (bicyclic) bond motifs is 1. The van der Waals surface area contributed by atoms with E-state index in [-0.39, 0.29) is 5.82 Å². The van der Waals surface area contributed by atoms with Gasteiger partial charge in [0.2, 0.25) is 11.7 Å². The summed E-state index contributed by atoms with van der Waals surface area (Å²) < 4.78 is 24.5. The van der Waals surface area contributed by atoms with Crippen LogP contribution in [-0.4, -0.2) is 26.9 Å². The van der Waals surface area contributed by atoms with Crippen molar-refractivity contribution in [3.8, 4) is 28.4 Å². The third-order valence-electron chi connectivity index (χ3n) is 5.00. The highest BCUT2D eigenvalue weighted by Crippen LogP contribution is 2.33. The molecule has 0 amide bonds. The Morgan fingerprint density at radius 1 is 0.909 bits per heavy atom. The first-order chi connectivity index (χ1) is 16.2. The normalized spacial score (nSPS) is 11.1. The molecule has 0 atom stereocenters. The average molecular weight is 459 g/mol. The zero-order valence-electron chi connectivity index (χ0n) is 17.7. The van der Waals surface area contributed by atoms with Gasteiger partial charge in [0.15, 0.2) is 0 Å². The Bertz CT molecular complexity index is 1410. The molecule has 164 valence electrons. The molecular formula is C25H19FN4O2S. The Morgan fingerprint density at radius 3 is 2.48 bits per heavy atom. The van der Waals surface area contributed by atoms with E-state index in [4.69, 9.17) is 9.26 Å². The molecule has 2 aromatic heterocycles. The third kappa shape index (κ3) is 4.42. The summed E-state index contributed by atoms with van der Waals surface area (Å²) in [6.45, 7) is 2.49. The summed E-state index contributed by atoms with van der Waals surface area (Å²) in [5.41, 5.74) is 2.31. The summed E-state index contributed by atoms with van der Waals surface area (Å²) >= 11 is 1.47. The van der Waals surface area contributed by atoms with E-state index in [1.165, 1.54) is 23.9 Å². The van der Waals surface area contributed by atoms with Crippen LogP contribution in [-0.2, 0) is 5.75 Å². The minimum absolute atomic E-state index is 0.286. The standard InChI is InChI=1S/C25H19FN4O2S/c1-2-31-21-10-6-5-9-20(21)24-27-22(32-30-24)15-33-25-19-8-4-3-7-18(19)23(28-29-25)16-11-13-17(26)14-12-16/h3-14H,2,15H2,1H3. The minimum Gasteiger partial charge on any atom is -0.493 e. The van der Waals surface area contributed by atoms with Crippen LogP contribution in [0.4, 0.5) is 4.39 Å². The third-order valence-corrected chi connectivity index (χ3v) is 5.97. The molecular weight excluding hydrogens is 439 g/mol. The number of rotatable bonds is 7. The van der Waals surface area contributed by atoms with Crippen molar-refractivity contribution < 1.29 is 13.7 Å². The molecule has 3 aromatic carbocycles. The van der Waals surface area contributed by atoms with E-state index in [1.54, 1.807) is 12.1 Å². The largest absolute Gasteiger partial charge is 0.493 e. The van der Waals surface area contributed by atoms with Gasteiger partial charge in [0.05, 0.1) is 17.9 Å². The maximum absolute atomic E-state index is 13.3. The van der Waals surface area contributed by atoms with Crippen molar-refractivity contribution in [1.29, 1.82) is 0 Å². The minimum atomic E-state index is -0.286. The Morgan fingerprint density at radius 2 is 1.67 bits per heavy atom. The quantitative estimate of drug-likeness (QED) is 0.270. The molecule has 0 N–H and O–H groups in total. The Balaban J connectivity index is 1.40. The summed E-state index contributed by atoms with van der Waals surface area (Å²) in [4.78, 5) is 4.53. The van der Waals surface area contributed by atoms with Crippen molar-refractivity contribution in [1.82, 2.24) is 20.3 Å². The molecule has 0 fully saturated rings. The van der Waals surface area contributed by atoms with E-state index in [0.29, 0.717) is 35.5 Å². The van der Waals surface area contributed by atoms with Crippen molar-refractivity contribution in [2.45, 2.75) is 17.7 Å². The number of ether oxygens (including phenoxy) is 1. The van der Waals surface area contributed by atoms with E-state index in [9.17, 15) is 4.39 Å². The van der Waals surface area contributed by atoms with Crippen molar-refractivity contribution in [3.05, 3.63) is 84.5 Å². The number of nitrogens with zero attached hydrogens (tertiary/aromatic N) is 4. The molecule has 0 unspecified atom stereocenters. The van der Waals surface area contributed by atoms with Crippen LogP contribution in [0.2, 0.25) is 0 Å². The van der Waals surface area contributed by atoms with Crippen LogP contribution in [0.5, 0.6) is 5.75 Å². The molecule has 8 heteroatoms. The first-order valence-electron chi connectivity index (χ1n) is 10.4. The molecule has 6 nitrogen and oxygen atoms in total. The molecule has 5 rings (SSSR count). The molecule has 0 bridgehead atoms. The number of hydrogen-bond donors (Lipinski definition) is 0. The number of thioether (sulfide) groups is 1. The Hall–Kier alpha value is -3.78. The van der Waals surface area contributed by atoms with Crippen molar-refractivity contribution in [3.63, 3.8) is 0 Å². The summed E-state index contributed by atoms with van der Waals surface area (Å²) in [7, 11) is 0. The monoisotopic (exact) mass is 458 g/mol. The molecule has 0 aliphatic heterocycles. The lowest BCUT2D eigenvalue weighted by Crippen LogP contribution is -1.95. The predicted octanol–water partition coefficient (Wildman–Crippen LogP) is 6.18. The summed E-state index contributed by atoms with van der Waals surface area (Å²) in [6.07, 6.45) is 0. The van der Waals surface area contributed by atoms with Gasteiger partial charge < -0.3 is 9.26 Å². The fourth-order valence-corrected chi connectivity index (χ4v) is 4.30.